The van der Waals surface area contributed by atoms with Gasteiger partial charge in [-0.2, -0.15) is 0 Å². The van der Waals surface area contributed by atoms with Crippen LogP contribution < -0.4 is 5.73 Å². The Balaban J connectivity index is 2.72. The molecule has 0 bridgehead atoms. The summed E-state index contributed by atoms with van der Waals surface area (Å²) in [6.45, 7) is 1.73. The average molecular weight is 173 g/mol. The fraction of sp³-hybridized carbons (Fsp3) is 0.875. The monoisotopic (exact) mass is 173 g/mol. The Morgan fingerprint density at radius 3 is 2.67 bits per heavy atom. The number of carbonyl (C=O) groups is 1. The van der Waals surface area contributed by atoms with Gasteiger partial charge in [-0.3, -0.25) is 0 Å². The van der Waals surface area contributed by atoms with E-state index in [1.165, 1.54) is 0 Å². The van der Waals surface area contributed by atoms with Crippen LogP contribution >= 0.6 is 0 Å². The lowest BCUT2D eigenvalue weighted by atomic mass is 9.74. The topological polar surface area (TPSA) is 83.5 Å². The molecule has 0 amide bonds. The molecule has 1 aliphatic rings. The first-order valence-electron chi connectivity index (χ1n) is 4.18. The number of carboxylic acids is 1. The highest BCUT2D eigenvalue weighted by Crippen LogP contribution is 2.33. The van der Waals surface area contributed by atoms with Gasteiger partial charge in [0.05, 0.1) is 0 Å². The summed E-state index contributed by atoms with van der Waals surface area (Å²) in [5, 5.41) is 18.4. The van der Waals surface area contributed by atoms with Crippen molar-refractivity contribution in [2.24, 2.45) is 11.7 Å². The van der Waals surface area contributed by atoms with E-state index in [4.69, 9.17) is 10.8 Å². The summed E-state index contributed by atoms with van der Waals surface area (Å²) in [6, 6.07) is 0.0413. The van der Waals surface area contributed by atoms with Crippen molar-refractivity contribution in [2.75, 3.05) is 0 Å². The second-order valence-electron chi connectivity index (χ2n) is 3.66. The highest BCUT2D eigenvalue weighted by atomic mass is 16.4. The average Bonchev–Trinajstić information content (AvgIpc) is 1.97. The highest BCUT2D eigenvalue weighted by Gasteiger charge is 2.44. The quantitative estimate of drug-likeness (QED) is 0.519. The fourth-order valence-corrected chi connectivity index (χ4v) is 1.74. The van der Waals surface area contributed by atoms with Gasteiger partial charge in [0, 0.05) is 6.04 Å². The maximum Gasteiger partial charge on any atom is 0.335 e. The van der Waals surface area contributed by atoms with Crippen LogP contribution in [0.1, 0.15) is 26.2 Å². The predicted molar refractivity (Wildman–Crippen MR) is 43.6 cm³/mol. The fourth-order valence-electron chi connectivity index (χ4n) is 1.74. The maximum absolute atomic E-state index is 10.7. The van der Waals surface area contributed by atoms with E-state index in [1.54, 1.807) is 6.92 Å². The third kappa shape index (κ3) is 1.44. The standard InChI is InChI=1S/C8H15NO3/c1-5-4-6(9)2-3-8(5,12)7(10)11/h5-6,12H,2-4,9H2,1H3,(H,10,11)/t5-,6-,8?/m0/s1. The van der Waals surface area contributed by atoms with E-state index in [9.17, 15) is 9.90 Å². The van der Waals surface area contributed by atoms with Crippen LogP contribution in [0.15, 0.2) is 0 Å². The van der Waals surface area contributed by atoms with Crippen LogP contribution in [-0.4, -0.2) is 27.8 Å². The molecule has 1 rings (SSSR count). The van der Waals surface area contributed by atoms with Gasteiger partial charge in [0.15, 0.2) is 5.60 Å². The van der Waals surface area contributed by atoms with Crippen molar-refractivity contribution >= 4 is 5.97 Å². The molecular formula is C8H15NO3. The molecular weight excluding hydrogens is 158 g/mol. The highest BCUT2D eigenvalue weighted by molar-refractivity contribution is 5.77. The minimum atomic E-state index is -1.55. The molecule has 0 radical (unpaired) electrons. The largest absolute Gasteiger partial charge is 0.479 e. The van der Waals surface area contributed by atoms with E-state index < -0.39 is 11.6 Å². The number of carboxylic acid groups (broad SMARTS) is 1. The molecule has 0 spiro atoms. The molecule has 0 heterocycles. The van der Waals surface area contributed by atoms with Crippen LogP contribution in [0.3, 0.4) is 0 Å². The minimum absolute atomic E-state index is 0.0413. The first-order valence-corrected chi connectivity index (χ1v) is 4.18. The van der Waals surface area contributed by atoms with Gasteiger partial charge in [-0.25, -0.2) is 4.79 Å². The van der Waals surface area contributed by atoms with E-state index >= 15 is 0 Å². The number of aliphatic hydroxyl groups is 1. The molecule has 4 nitrogen and oxygen atoms in total. The van der Waals surface area contributed by atoms with Gasteiger partial charge in [0.2, 0.25) is 0 Å². The maximum atomic E-state index is 10.7. The Kier molecular flexibility index (Phi) is 2.39. The van der Waals surface area contributed by atoms with Crippen LogP contribution in [0.2, 0.25) is 0 Å². The SMILES string of the molecule is C[C@H]1C[C@@H](N)CCC1(O)C(=O)O. The van der Waals surface area contributed by atoms with Gasteiger partial charge < -0.3 is 15.9 Å². The van der Waals surface area contributed by atoms with Crippen LogP contribution in [0.25, 0.3) is 0 Å². The summed E-state index contributed by atoms with van der Waals surface area (Å²) in [5.41, 5.74) is 4.10. The van der Waals surface area contributed by atoms with E-state index in [0.717, 1.165) is 0 Å². The summed E-state index contributed by atoms with van der Waals surface area (Å²) >= 11 is 0. The lowest BCUT2D eigenvalue weighted by Crippen LogP contribution is -2.50. The van der Waals surface area contributed by atoms with Crippen molar-refractivity contribution in [1.29, 1.82) is 0 Å². The molecule has 4 heteroatoms. The van der Waals surface area contributed by atoms with Crippen molar-refractivity contribution < 1.29 is 15.0 Å². The summed E-state index contributed by atoms with van der Waals surface area (Å²) in [4.78, 5) is 10.7. The minimum Gasteiger partial charge on any atom is -0.479 e. The molecule has 3 atom stereocenters. The molecule has 1 fully saturated rings. The summed E-state index contributed by atoms with van der Waals surface area (Å²) < 4.78 is 0. The van der Waals surface area contributed by atoms with Crippen molar-refractivity contribution in [3.63, 3.8) is 0 Å². The van der Waals surface area contributed by atoms with Gasteiger partial charge >= 0.3 is 5.97 Å². The van der Waals surface area contributed by atoms with E-state index in [2.05, 4.69) is 0 Å². The van der Waals surface area contributed by atoms with Gasteiger partial charge in [0.1, 0.15) is 0 Å². The van der Waals surface area contributed by atoms with Gasteiger partial charge in [-0.05, 0) is 25.2 Å². The number of nitrogens with two attached hydrogens (primary N) is 1. The molecule has 0 saturated heterocycles. The Hall–Kier alpha value is -0.610. The van der Waals surface area contributed by atoms with E-state index in [0.29, 0.717) is 12.8 Å². The lowest BCUT2D eigenvalue weighted by Gasteiger charge is -2.36. The zero-order chi connectivity index (χ0) is 9.35. The molecule has 70 valence electrons. The lowest BCUT2D eigenvalue weighted by molar-refractivity contribution is -0.168. The second kappa shape index (κ2) is 3.03. The Morgan fingerprint density at radius 1 is 1.67 bits per heavy atom. The molecule has 1 unspecified atom stereocenters. The summed E-state index contributed by atoms with van der Waals surface area (Å²) in [6.07, 6.45) is 1.45. The van der Waals surface area contributed by atoms with Crippen molar-refractivity contribution in [1.82, 2.24) is 0 Å². The molecule has 0 aromatic heterocycles. The molecule has 12 heavy (non-hydrogen) atoms. The summed E-state index contributed by atoms with van der Waals surface area (Å²) in [5.74, 6) is -1.37. The van der Waals surface area contributed by atoms with Crippen LogP contribution in [0.5, 0.6) is 0 Å². The van der Waals surface area contributed by atoms with Crippen LogP contribution in [-0.2, 0) is 4.79 Å². The number of hydrogen-bond donors (Lipinski definition) is 3. The third-order valence-electron chi connectivity index (χ3n) is 2.74. The number of hydrogen-bond acceptors (Lipinski definition) is 3. The molecule has 0 aromatic rings. The first kappa shape index (κ1) is 9.48. The van der Waals surface area contributed by atoms with E-state index in [1.807, 2.05) is 0 Å². The first-order chi connectivity index (χ1) is 5.47. The Labute approximate surface area is 71.4 Å². The van der Waals surface area contributed by atoms with Crippen molar-refractivity contribution in [3.05, 3.63) is 0 Å². The van der Waals surface area contributed by atoms with Crippen LogP contribution in [0.4, 0.5) is 0 Å². The second-order valence-corrected chi connectivity index (χ2v) is 3.66. The van der Waals surface area contributed by atoms with Crippen molar-refractivity contribution in [3.8, 4) is 0 Å². The van der Waals surface area contributed by atoms with Crippen molar-refractivity contribution in [2.45, 2.75) is 37.8 Å². The Bertz CT molecular complexity index is 195. The normalized spacial score (nSPS) is 42.6. The number of aliphatic carboxylic acids is 1. The third-order valence-corrected chi connectivity index (χ3v) is 2.74. The molecule has 0 aromatic carbocycles. The molecule has 0 aliphatic heterocycles. The van der Waals surface area contributed by atoms with Crippen LogP contribution in [0, 0.1) is 5.92 Å². The van der Waals surface area contributed by atoms with Gasteiger partial charge in [0.25, 0.3) is 0 Å². The Morgan fingerprint density at radius 2 is 2.25 bits per heavy atom. The summed E-state index contributed by atoms with van der Waals surface area (Å²) in [7, 11) is 0. The van der Waals surface area contributed by atoms with E-state index in [-0.39, 0.29) is 18.4 Å². The zero-order valence-electron chi connectivity index (χ0n) is 7.16. The smallest absolute Gasteiger partial charge is 0.335 e. The number of rotatable bonds is 1. The van der Waals surface area contributed by atoms with Gasteiger partial charge in [-0.1, -0.05) is 6.92 Å². The van der Waals surface area contributed by atoms with Gasteiger partial charge in [-0.15, -0.1) is 0 Å². The predicted octanol–water partition coefficient (Wildman–Crippen LogP) is -0.0506. The molecule has 1 saturated carbocycles. The molecule has 4 N–H and O–H groups in total. The molecule has 1 aliphatic carbocycles. The zero-order valence-corrected chi connectivity index (χ0v) is 7.16.